The summed E-state index contributed by atoms with van der Waals surface area (Å²) in [4.78, 5) is 15.0. The van der Waals surface area contributed by atoms with Gasteiger partial charge in [0.2, 0.25) is 0 Å². The highest BCUT2D eigenvalue weighted by atomic mass is 32.1. The Labute approximate surface area is 116 Å². The third-order valence-electron chi connectivity index (χ3n) is 2.44. The maximum Gasteiger partial charge on any atom is 0.324 e. The molecule has 0 aliphatic rings. The van der Waals surface area contributed by atoms with Crippen LogP contribution in [0.2, 0.25) is 0 Å². The van der Waals surface area contributed by atoms with E-state index in [0.717, 1.165) is 16.9 Å². The van der Waals surface area contributed by atoms with Crippen LogP contribution in [0.3, 0.4) is 0 Å². The number of thiophene rings is 1. The summed E-state index contributed by atoms with van der Waals surface area (Å²) in [6.45, 7) is 0. The monoisotopic (exact) mass is 288 g/mol. The molecule has 0 spiro atoms. The molecule has 100 valence electrons. The summed E-state index contributed by atoms with van der Waals surface area (Å²) in [6.07, 6.45) is 1.48. The maximum absolute atomic E-state index is 10.5. The van der Waals surface area contributed by atoms with Crippen molar-refractivity contribution in [1.82, 2.24) is 4.98 Å². The van der Waals surface area contributed by atoms with Crippen molar-refractivity contribution in [1.29, 1.82) is 0 Å². The second kappa shape index (κ2) is 5.10. The van der Waals surface area contributed by atoms with E-state index in [4.69, 9.17) is 4.42 Å². The molecule has 20 heavy (non-hydrogen) atoms. The summed E-state index contributed by atoms with van der Waals surface area (Å²) in [5, 5.41) is 14.6. The van der Waals surface area contributed by atoms with Gasteiger partial charge in [-0.2, -0.15) is 10.1 Å². The van der Waals surface area contributed by atoms with E-state index in [0.29, 0.717) is 10.5 Å². The Hall–Kier alpha value is -2.74. The second-order valence-corrected chi connectivity index (χ2v) is 4.88. The Balaban J connectivity index is 1.71. The molecule has 0 radical (unpaired) electrons. The van der Waals surface area contributed by atoms with Gasteiger partial charge in [-0.3, -0.25) is 10.1 Å². The Morgan fingerprint density at radius 3 is 2.95 bits per heavy atom. The van der Waals surface area contributed by atoms with Gasteiger partial charge in [0.25, 0.3) is 0 Å². The molecule has 2 aromatic heterocycles. The van der Waals surface area contributed by atoms with Crippen LogP contribution in [0.5, 0.6) is 0 Å². The van der Waals surface area contributed by atoms with Crippen LogP contribution >= 0.6 is 11.3 Å². The van der Waals surface area contributed by atoms with E-state index in [9.17, 15) is 10.1 Å². The first kappa shape index (κ1) is 12.3. The minimum atomic E-state index is -0.434. The van der Waals surface area contributed by atoms with Crippen LogP contribution in [0.1, 0.15) is 4.88 Å². The van der Waals surface area contributed by atoms with Gasteiger partial charge in [-0.05, 0) is 18.2 Å². The Kier molecular flexibility index (Phi) is 3.13. The Morgan fingerprint density at radius 1 is 1.35 bits per heavy atom. The lowest BCUT2D eigenvalue weighted by atomic mass is 10.3. The number of nitro groups is 1. The van der Waals surface area contributed by atoms with Gasteiger partial charge in [-0.15, -0.1) is 0 Å². The van der Waals surface area contributed by atoms with Crippen molar-refractivity contribution < 1.29 is 9.34 Å². The molecule has 1 aromatic carbocycles. The van der Waals surface area contributed by atoms with Crippen molar-refractivity contribution in [2.75, 3.05) is 5.43 Å². The number of nitrogens with one attached hydrogen (secondary N) is 1. The van der Waals surface area contributed by atoms with Crippen molar-refractivity contribution in [3.63, 3.8) is 0 Å². The number of para-hydroxylation sites is 2. The minimum absolute atomic E-state index is 0.0771. The van der Waals surface area contributed by atoms with Crippen LogP contribution < -0.4 is 5.43 Å². The number of hydrogen-bond acceptors (Lipinski definition) is 7. The molecule has 3 aromatic rings. The van der Waals surface area contributed by atoms with Gasteiger partial charge in [0.05, 0.1) is 16.0 Å². The van der Waals surface area contributed by atoms with Gasteiger partial charge in [0.15, 0.2) is 5.58 Å². The first-order valence-corrected chi connectivity index (χ1v) is 6.43. The molecule has 0 bridgehead atoms. The summed E-state index contributed by atoms with van der Waals surface area (Å²) in [5.41, 5.74) is 4.05. The third kappa shape index (κ3) is 2.50. The molecule has 0 aliphatic heterocycles. The van der Waals surface area contributed by atoms with Gasteiger partial charge in [0.1, 0.15) is 5.52 Å². The van der Waals surface area contributed by atoms with Crippen LogP contribution in [-0.4, -0.2) is 16.1 Å². The van der Waals surface area contributed by atoms with Crippen LogP contribution in [0.25, 0.3) is 11.1 Å². The lowest BCUT2D eigenvalue weighted by Crippen LogP contribution is -1.88. The molecule has 1 N–H and O–H groups in total. The molecule has 8 heteroatoms. The molecule has 3 rings (SSSR count). The Morgan fingerprint density at radius 2 is 2.20 bits per heavy atom. The van der Waals surface area contributed by atoms with Crippen molar-refractivity contribution in [2.24, 2.45) is 5.10 Å². The van der Waals surface area contributed by atoms with Crippen molar-refractivity contribution >= 4 is 39.7 Å². The fraction of sp³-hybridized carbons (Fsp3) is 0. The fourth-order valence-corrected chi connectivity index (χ4v) is 2.27. The molecule has 0 fully saturated rings. The first-order chi connectivity index (χ1) is 9.72. The highest BCUT2D eigenvalue weighted by molar-refractivity contribution is 7.16. The third-order valence-corrected chi connectivity index (χ3v) is 3.41. The zero-order valence-corrected chi connectivity index (χ0v) is 10.8. The van der Waals surface area contributed by atoms with E-state index < -0.39 is 4.92 Å². The smallest absolute Gasteiger partial charge is 0.324 e. The van der Waals surface area contributed by atoms with E-state index >= 15 is 0 Å². The molecule has 2 heterocycles. The van der Waals surface area contributed by atoms with E-state index in [1.807, 2.05) is 18.2 Å². The average molecular weight is 288 g/mol. The number of nitrogens with zero attached hydrogens (tertiary/aromatic N) is 3. The SMILES string of the molecule is O=[N+]([O-])c1ccc(/C=N/Nc2nc3ccccc3o2)s1. The quantitative estimate of drug-likeness (QED) is 0.452. The van der Waals surface area contributed by atoms with E-state index in [2.05, 4.69) is 15.5 Å². The maximum atomic E-state index is 10.5. The van der Waals surface area contributed by atoms with Gasteiger partial charge in [0, 0.05) is 6.07 Å². The number of anilines is 1. The molecule has 0 amide bonds. The van der Waals surface area contributed by atoms with E-state index in [-0.39, 0.29) is 11.0 Å². The summed E-state index contributed by atoms with van der Waals surface area (Å²) in [5.74, 6) is 0. The van der Waals surface area contributed by atoms with Crippen molar-refractivity contribution in [3.05, 3.63) is 51.4 Å². The second-order valence-electron chi connectivity index (χ2n) is 3.79. The standard InChI is InChI=1S/C12H8N4O3S/c17-16(18)11-6-5-8(20-11)7-13-15-12-14-9-3-1-2-4-10(9)19-12/h1-7H,(H,14,15)/b13-7+. The van der Waals surface area contributed by atoms with Gasteiger partial charge in [-0.1, -0.05) is 23.5 Å². The predicted molar refractivity (Wildman–Crippen MR) is 76.2 cm³/mol. The highest BCUT2D eigenvalue weighted by Gasteiger charge is 2.08. The van der Waals surface area contributed by atoms with Crippen LogP contribution in [0.4, 0.5) is 11.0 Å². The molecule has 0 aliphatic carbocycles. The van der Waals surface area contributed by atoms with E-state index in [1.165, 1.54) is 12.3 Å². The fourth-order valence-electron chi connectivity index (χ4n) is 1.58. The zero-order chi connectivity index (χ0) is 13.9. The number of hydrazone groups is 1. The predicted octanol–water partition coefficient (Wildman–Crippen LogP) is 3.24. The summed E-state index contributed by atoms with van der Waals surface area (Å²) in [6, 6.07) is 10.7. The number of benzene rings is 1. The number of hydrogen-bond donors (Lipinski definition) is 1. The average Bonchev–Trinajstić information content (AvgIpc) is 3.04. The molecule has 0 saturated heterocycles. The topological polar surface area (TPSA) is 93.6 Å². The molecule has 0 unspecified atom stereocenters. The largest absolute Gasteiger partial charge is 0.422 e. The Bertz CT molecular complexity index is 760. The zero-order valence-electron chi connectivity index (χ0n) is 10.0. The van der Waals surface area contributed by atoms with Crippen LogP contribution in [-0.2, 0) is 0 Å². The van der Waals surface area contributed by atoms with Crippen LogP contribution in [0.15, 0.2) is 45.9 Å². The first-order valence-electron chi connectivity index (χ1n) is 5.61. The number of fused-ring (bicyclic) bond motifs is 1. The van der Waals surface area contributed by atoms with Crippen molar-refractivity contribution in [3.8, 4) is 0 Å². The van der Waals surface area contributed by atoms with Crippen LogP contribution in [0, 0.1) is 10.1 Å². The lowest BCUT2D eigenvalue weighted by molar-refractivity contribution is -0.380. The van der Waals surface area contributed by atoms with Gasteiger partial charge >= 0.3 is 11.0 Å². The summed E-state index contributed by atoms with van der Waals surface area (Å²) in [7, 11) is 0. The number of oxazole rings is 1. The molecular formula is C12H8N4O3S. The minimum Gasteiger partial charge on any atom is -0.422 e. The molecule has 0 atom stereocenters. The van der Waals surface area contributed by atoms with Crippen molar-refractivity contribution in [2.45, 2.75) is 0 Å². The summed E-state index contributed by atoms with van der Waals surface area (Å²) >= 11 is 1.04. The normalized spacial score (nSPS) is 11.2. The molecular weight excluding hydrogens is 280 g/mol. The molecule has 7 nitrogen and oxygen atoms in total. The lowest BCUT2D eigenvalue weighted by Gasteiger charge is -1.89. The molecule has 0 saturated carbocycles. The van der Waals surface area contributed by atoms with Gasteiger partial charge < -0.3 is 4.42 Å². The summed E-state index contributed by atoms with van der Waals surface area (Å²) < 4.78 is 5.41. The highest BCUT2D eigenvalue weighted by Crippen LogP contribution is 2.22. The van der Waals surface area contributed by atoms with E-state index in [1.54, 1.807) is 12.1 Å². The van der Waals surface area contributed by atoms with Gasteiger partial charge in [-0.25, -0.2) is 5.43 Å². The number of aromatic nitrogens is 1. The number of rotatable bonds is 4.